The van der Waals surface area contributed by atoms with Crippen LogP contribution in [0, 0.1) is 0 Å². The SMILES string of the molecule is CS[C@H]1CCCCN(C(=O)c2ccc(Br)o2)C1. The van der Waals surface area contributed by atoms with E-state index in [4.69, 9.17) is 4.42 Å². The molecule has 2 heterocycles. The lowest BCUT2D eigenvalue weighted by Gasteiger charge is -2.22. The van der Waals surface area contributed by atoms with E-state index in [2.05, 4.69) is 22.2 Å². The van der Waals surface area contributed by atoms with Gasteiger partial charge >= 0.3 is 0 Å². The second-order valence-corrected chi connectivity index (χ2v) is 6.13. The maximum atomic E-state index is 12.2. The highest BCUT2D eigenvalue weighted by atomic mass is 79.9. The molecule has 0 aliphatic carbocycles. The summed E-state index contributed by atoms with van der Waals surface area (Å²) in [6, 6.07) is 3.49. The predicted molar refractivity (Wildman–Crippen MR) is 73.5 cm³/mol. The zero-order valence-electron chi connectivity index (χ0n) is 9.82. The van der Waals surface area contributed by atoms with Crippen LogP contribution < -0.4 is 0 Å². The van der Waals surface area contributed by atoms with Crippen LogP contribution in [-0.2, 0) is 0 Å². The summed E-state index contributed by atoms with van der Waals surface area (Å²) in [5, 5.41) is 0.555. The van der Waals surface area contributed by atoms with Crippen molar-refractivity contribution in [2.24, 2.45) is 0 Å². The lowest BCUT2D eigenvalue weighted by molar-refractivity contribution is 0.0730. The minimum Gasteiger partial charge on any atom is -0.444 e. The Bertz CT molecular complexity index is 394. The maximum Gasteiger partial charge on any atom is 0.289 e. The van der Waals surface area contributed by atoms with Crippen molar-refractivity contribution in [3.63, 3.8) is 0 Å². The molecule has 1 aromatic rings. The third-order valence-electron chi connectivity index (χ3n) is 3.03. The monoisotopic (exact) mass is 317 g/mol. The Balaban J connectivity index is 2.07. The molecule has 1 aliphatic rings. The Morgan fingerprint density at radius 1 is 1.53 bits per heavy atom. The van der Waals surface area contributed by atoms with Crippen molar-refractivity contribution < 1.29 is 9.21 Å². The second-order valence-electron chi connectivity index (χ2n) is 4.21. The van der Waals surface area contributed by atoms with Gasteiger partial charge in [-0.3, -0.25) is 4.79 Å². The molecule has 1 fully saturated rings. The standard InChI is InChI=1S/C12H16BrNO2S/c1-17-9-4-2-3-7-14(8-9)12(15)10-5-6-11(13)16-10/h5-6,9H,2-4,7-8H2,1H3/t9-/m0/s1. The van der Waals surface area contributed by atoms with E-state index in [1.165, 1.54) is 12.8 Å². The Morgan fingerprint density at radius 3 is 3.00 bits per heavy atom. The molecule has 0 radical (unpaired) electrons. The van der Waals surface area contributed by atoms with Gasteiger partial charge in [0.1, 0.15) is 0 Å². The molecule has 0 spiro atoms. The third kappa shape index (κ3) is 3.28. The molecule has 0 aromatic carbocycles. The lowest BCUT2D eigenvalue weighted by atomic mass is 10.2. The molecule has 1 aliphatic heterocycles. The zero-order valence-corrected chi connectivity index (χ0v) is 12.2. The van der Waals surface area contributed by atoms with Crippen molar-refractivity contribution in [1.82, 2.24) is 4.90 Å². The summed E-state index contributed by atoms with van der Waals surface area (Å²) in [7, 11) is 0. The van der Waals surface area contributed by atoms with Crippen LogP contribution in [0.3, 0.4) is 0 Å². The van der Waals surface area contributed by atoms with Crippen molar-refractivity contribution in [2.45, 2.75) is 24.5 Å². The van der Waals surface area contributed by atoms with E-state index in [0.717, 1.165) is 19.5 Å². The van der Waals surface area contributed by atoms with E-state index >= 15 is 0 Å². The average Bonchev–Trinajstić information content (AvgIpc) is 2.64. The minimum absolute atomic E-state index is 0.0108. The summed E-state index contributed by atoms with van der Waals surface area (Å²) in [6.07, 6.45) is 5.61. The van der Waals surface area contributed by atoms with Crippen LogP contribution in [0.5, 0.6) is 0 Å². The molecule has 1 saturated heterocycles. The van der Waals surface area contributed by atoms with Gasteiger partial charge < -0.3 is 9.32 Å². The molecule has 0 N–H and O–H groups in total. The van der Waals surface area contributed by atoms with Crippen LogP contribution in [0.2, 0.25) is 0 Å². The Kier molecular flexibility index (Phi) is 4.56. The van der Waals surface area contributed by atoms with E-state index in [1.54, 1.807) is 12.1 Å². The second kappa shape index (κ2) is 5.96. The fourth-order valence-corrected chi connectivity index (χ4v) is 3.10. The number of nitrogens with zero attached hydrogens (tertiary/aromatic N) is 1. The molecular formula is C12H16BrNO2S. The number of hydrogen-bond donors (Lipinski definition) is 0. The Morgan fingerprint density at radius 2 is 2.35 bits per heavy atom. The van der Waals surface area contributed by atoms with Gasteiger partial charge in [0.15, 0.2) is 10.4 Å². The van der Waals surface area contributed by atoms with E-state index in [0.29, 0.717) is 15.7 Å². The maximum absolute atomic E-state index is 12.2. The first-order valence-corrected chi connectivity index (χ1v) is 7.86. The van der Waals surface area contributed by atoms with Gasteiger partial charge in [0.25, 0.3) is 5.91 Å². The van der Waals surface area contributed by atoms with Crippen LogP contribution in [-0.4, -0.2) is 35.4 Å². The molecule has 3 nitrogen and oxygen atoms in total. The third-order valence-corrected chi connectivity index (χ3v) is 4.51. The van der Waals surface area contributed by atoms with Gasteiger partial charge in [-0.2, -0.15) is 11.8 Å². The van der Waals surface area contributed by atoms with Crippen LogP contribution in [0.4, 0.5) is 0 Å². The first-order chi connectivity index (χ1) is 8.20. The van der Waals surface area contributed by atoms with Gasteiger partial charge in [-0.25, -0.2) is 0 Å². The van der Waals surface area contributed by atoms with Crippen molar-refractivity contribution in [3.8, 4) is 0 Å². The summed E-state index contributed by atoms with van der Waals surface area (Å²) < 4.78 is 5.94. The van der Waals surface area contributed by atoms with Crippen LogP contribution >= 0.6 is 27.7 Å². The average molecular weight is 318 g/mol. The van der Waals surface area contributed by atoms with Gasteiger partial charge in [0.05, 0.1) is 0 Å². The van der Waals surface area contributed by atoms with Crippen molar-refractivity contribution >= 4 is 33.6 Å². The number of likely N-dealkylation sites (tertiary alicyclic amines) is 1. The first-order valence-electron chi connectivity index (χ1n) is 5.78. The minimum atomic E-state index is 0.0108. The van der Waals surface area contributed by atoms with Gasteiger partial charge in [-0.15, -0.1) is 0 Å². The van der Waals surface area contributed by atoms with E-state index in [-0.39, 0.29) is 5.91 Å². The predicted octanol–water partition coefficient (Wildman–Crippen LogP) is 3.40. The molecular weight excluding hydrogens is 302 g/mol. The van der Waals surface area contributed by atoms with Crippen LogP contribution in [0.15, 0.2) is 21.2 Å². The molecule has 0 saturated carbocycles. The first kappa shape index (κ1) is 13.0. The highest BCUT2D eigenvalue weighted by molar-refractivity contribution is 9.10. The van der Waals surface area contributed by atoms with Gasteiger partial charge in [-0.1, -0.05) is 6.42 Å². The summed E-state index contributed by atoms with van der Waals surface area (Å²) in [4.78, 5) is 14.1. The molecule has 0 unspecified atom stereocenters. The summed E-state index contributed by atoms with van der Waals surface area (Å²) in [6.45, 7) is 1.67. The Labute approximate surface area is 114 Å². The van der Waals surface area contributed by atoms with Crippen molar-refractivity contribution in [1.29, 1.82) is 0 Å². The summed E-state index contributed by atoms with van der Waals surface area (Å²) in [5.41, 5.74) is 0. The van der Waals surface area contributed by atoms with Crippen molar-refractivity contribution in [3.05, 3.63) is 22.6 Å². The number of halogens is 1. The number of carbonyl (C=O) groups is 1. The van der Waals surface area contributed by atoms with E-state index < -0.39 is 0 Å². The molecule has 94 valence electrons. The van der Waals surface area contributed by atoms with E-state index in [9.17, 15) is 4.79 Å². The zero-order chi connectivity index (χ0) is 12.3. The number of furan rings is 1. The normalized spacial score (nSPS) is 21.3. The number of hydrogen-bond acceptors (Lipinski definition) is 3. The van der Waals surface area contributed by atoms with Crippen LogP contribution in [0.1, 0.15) is 29.8 Å². The summed E-state index contributed by atoms with van der Waals surface area (Å²) in [5.74, 6) is 0.440. The molecule has 1 aromatic heterocycles. The highest BCUT2D eigenvalue weighted by Gasteiger charge is 2.24. The molecule has 1 atom stereocenters. The highest BCUT2D eigenvalue weighted by Crippen LogP contribution is 2.22. The van der Waals surface area contributed by atoms with E-state index in [1.807, 2.05) is 16.7 Å². The molecule has 2 rings (SSSR count). The lowest BCUT2D eigenvalue weighted by Crippen LogP contribution is -2.35. The van der Waals surface area contributed by atoms with Crippen molar-refractivity contribution in [2.75, 3.05) is 19.3 Å². The fourth-order valence-electron chi connectivity index (χ4n) is 2.06. The molecule has 17 heavy (non-hydrogen) atoms. The number of thioether (sulfide) groups is 1. The number of rotatable bonds is 2. The van der Waals surface area contributed by atoms with Gasteiger partial charge in [0.2, 0.25) is 0 Å². The van der Waals surface area contributed by atoms with Crippen LogP contribution in [0.25, 0.3) is 0 Å². The number of amides is 1. The Hall–Kier alpha value is -0.420. The number of carbonyl (C=O) groups excluding carboxylic acids is 1. The smallest absolute Gasteiger partial charge is 0.289 e. The molecule has 0 bridgehead atoms. The van der Waals surface area contributed by atoms with Gasteiger partial charge in [0, 0.05) is 18.3 Å². The topological polar surface area (TPSA) is 33.5 Å². The van der Waals surface area contributed by atoms with Gasteiger partial charge in [-0.05, 0) is 47.2 Å². The molecule has 5 heteroatoms. The quantitative estimate of drug-likeness (QED) is 0.838. The fraction of sp³-hybridized carbons (Fsp3) is 0.583. The summed E-state index contributed by atoms with van der Waals surface area (Å²) >= 11 is 5.07. The molecule has 1 amide bonds. The largest absolute Gasteiger partial charge is 0.444 e.